The van der Waals surface area contributed by atoms with Crippen LogP contribution in [0.2, 0.25) is 0 Å². The highest BCUT2D eigenvalue weighted by atomic mass is 16.5. The van der Waals surface area contributed by atoms with Gasteiger partial charge in [-0.25, -0.2) is 4.99 Å². The molecule has 0 bridgehead atoms. The first-order valence-electron chi connectivity index (χ1n) is 11.6. The Balaban J connectivity index is 1.50. The van der Waals surface area contributed by atoms with E-state index in [1.807, 2.05) is 42.6 Å². The summed E-state index contributed by atoms with van der Waals surface area (Å²) in [6.07, 6.45) is 1.85. The average Bonchev–Trinajstić information content (AvgIpc) is 2.88. The number of guanidine groups is 1. The highest BCUT2D eigenvalue weighted by Crippen LogP contribution is 2.24. The first-order chi connectivity index (χ1) is 16.3. The molecule has 0 aliphatic carbocycles. The summed E-state index contributed by atoms with van der Waals surface area (Å²) in [5.41, 5.74) is 3.41. The molecule has 1 aliphatic heterocycles. The average molecular weight is 448 g/mol. The third-order valence-corrected chi connectivity index (χ3v) is 5.94. The van der Waals surface area contributed by atoms with E-state index in [9.17, 15) is 0 Å². The van der Waals surface area contributed by atoms with Gasteiger partial charge in [-0.1, -0.05) is 30.3 Å². The molecule has 1 aliphatic rings. The number of nitrogens with zero attached hydrogens (tertiary/aromatic N) is 3. The number of benzene rings is 2. The summed E-state index contributed by atoms with van der Waals surface area (Å²) < 4.78 is 10.9. The first kappa shape index (κ1) is 23.0. The molecule has 2 heterocycles. The molecule has 4 rings (SSSR count). The Bertz CT molecular complexity index is 1040. The molecule has 3 aromatic rings. The Kier molecular flexibility index (Phi) is 8.11. The second-order valence-corrected chi connectivity index (χ2v) is 8.00. The quantitative estimate of drug-likeness (QED) is 0.408. The molecule has 0 spiro atoms. The Morgan fingerprint density at radius 2 is 1.88 bits per heavy atom. The number of hydrogen-bond acceptors (Lipinski definition) is 5. The Hall–Kier alpha value is -3.16. The van der Waals surface area contributed by atoms with Gasteiger partial charge >= 0.3 is 0 Å². The fraction of sp³-hybridized carbons (Fsp3) is 0.385. The zero-order valence-electron chi connectivity index (χ0n) is 19.5. The van der Waals surface area contributed by atoms with Crippen LogP contribution in [0.5, 0.6) is 5.75 Å². The van der Waals surface area contributed by atoms with E-state index in [0.29, 0.717) is 6.54 Å². The van der Waals surface area contributed by atoms with Gasteiger partial charge in [-0.2, -0.15) is 0 Å². The summed E-state index contributed by atoms with van der Waals surface area (Å²) in [5, 5.41) is 8.10. The lowest BCUT2D eigenvalue weighted by Gasteiger charge is -2.35. The molecule has 174 valence electrons. The molecule has 1 aromatic heterocycles. The molecule has 0 saturated carbocycles. The van der Waals surface area contributed by atoms with Gasteiger partial charge in [0.05, 0.1) is 38.4 Å². The SMILES string of the molecule is CCNC(=NCc1ccnc2ccccc12)NCC(c1ccc(OC)cc1)N1CCOCC1. The molecule has 1 unspecified atom stereocenters. The van der Waals surface area contributed by atoms with E-state index in [1.54, 1.807) is 7.11 Å². The van der Waals surface area contributed by atoms with Crippen molar-refractivity contribution in [3.05, 3.63) is 71.9 Å². The standard InChI is InChI=1S/C26H33N5O2/c1-3-27-26(29-18-21-12-13-28-24-7-5-4-6-23(21)24)30-19-25(31-14-16-33-17-15-31)20-8-10-22(32-2)11-9-20/h4-13,25H,3,14-19H2,1-2H3,(H2,27,29,30). The molecule has 7 heteroatoms. The van der Waals surface area contributed by atoms with Crippen molar-refractivity contribution in [1.82, 2.24) is 20.5 Å². The predicted molar refractivity (Wildman–Crippen MR) is 133 cm³/mol. The third kappa shape index (κ3) is 6.00. The van der Waals surface area contributed by atoms with Crippen LogP contribution in [-0.2, 0) is 11.3 Å². The fourth-order valence-corrected chi connectivity index (χ4v) is 4.17. The van der Waals surface area contributed by atoms with E-state index in [-0.39, 0.29) is 6.04 Å². The molecular formula is C26H33N5O2. The number of methoxy groups -OCH3 is 1. The fourth-order valence-electron chi connectivity index (χ4n) is 4.17. The summed E-state index contributed by atoms with van der Waals surface area (Å²) in [6.45, 7) is 7.56. The van der Waals surface area contributed by atoms with Crippen LogP contribution in [0.15, 0.2) is 65.8 Å². The minimum absolute atomic E-state index is 0.213. The van der Waals surface area contributed by atoms with Crippen molar-refractivity contribution >= 4 is 16.9 Å². The number of pyridine rings is 1. The lowest BCUT2D eigenvalue weighted by Crippen LogP contribution is -2.46. The second kappa shape index (κ2) is 11.6. The van der Waals surface area contributed by atoms with E-state index < -0.39 is 0 Å². The lowest BCUT2D eigenvalue weighted by molar-refractivity contribution is 0.0170. The van der Waals surface area contributed by atoms with Crippen molar-refractivity contribution < 1.29 is 9.47 Å². The normalized spacial score (nSPS) is 15.9. The number of nitrogens with one attached hydrogen (secondary N) is 2. The van der Waals surface area contributed by atoms with Crippen LogP contribution < -0.4 is 15.4 Å². The van der Waals surface area contributed by atoms with Crippen molar-refractivity contribution in [1.29, 1.82) is 0 Å². The maximum atomic E-state index is 5.59. The van der Waals surface area contributed by atoms with Gasteiger partial charge in [-0.15, -0.1) is 0 Å². The van der Waals surface area contributed by atoms with Crippen LogP contribution in [0.25, 0.3) is 10.9 Å². The van der Waals surface area contributed by atoms with Gasteiger partial charge < -0.3 is 20.1 Å². The number of para-hydroxylation sites is 1. The Morgan fingerprint density at radius 3 is 2.64 bits per heavy atom. The smallest absolute Gasteiger partial charge is 0.191 e. The maximum absolute atomic E-state index is 5.59. The van der Waals surface area contributed by atoms with Crippen LogP contribution >= 0.6 is 0 Å². The number of rotatable bonds is 8. The maximum Gasteiger partial charge on any atom is 0.191 e. The van der Waals surface area contributed by atoms with Crippen LogP contribution in [0.4, 0.5) is 0 Å². The van der Waals surface area contributed by atoms with Crippen LogP contribution in [-0.4, -0.2) is 62.3 Å². The highest BCUT2D eigenvalue weighted by molar-refractivity contribution is 5.83. The Morgan fingerprint density at radius 1 is 1.09 bits per heavy atom. The van der Waals surface area contributed by atoms with Crippen molar-refractivity contribution in [3.63, 3.8) is 0 Å². The van der Waals surface area contributed by atoms with E-state index in [4.69, 9.17) is 14.5 Å². The largest absolute Gasteiger partial charge is 0.497 e. The Labute approximate surface area is 195 Å². The number of hydrogen-bond donors (Lipinski definition) is 2. The number of morpholine rings is 1. The summed E-state index contributed by atoms with van der Waals surface area (Å²) in [5.74, 6) is 1.68. The lowest BCUT2D eigenvalue weighted by atomic mass is 10.0. The number of ether oxygens (including phenoxy) is 2. The molecule has 1 fully saturated rings. The van der Waals surface area contributed by atoms with Gasteiger partial charge in [0.1, 0.15) is 5.75 Å². The van der Waals surface area contributed by atoms with Gasteiger partial charge in [0.15, 0.2) is 5.96 Å². The monoisotopic (exact) mass is 447 g/mol. The van der Waals surface area contributed by atoms with E-state index in [2.05, 4.69) is 45.6 Å². The zero-order chi connectivity index (χ0) is 22.9. The molecule has 33 heavy (non-hydrogen) atoms. The van der Waals surface area contributed by atoms with E-state index in [1.165, 1.54) is 5.56 Å². The van der Waals surface area contributed by atoms with Crippen LogP contribution in [0.1, 0.15) is 24.1 Å². The summed E-state index contributed by atoms with van der Waals surface area (Å²) >= 11 is 0. The summed E-state index contributed by atoms with van der Waals surface area (Å²) in [7, 11) is 1.70. The van der Waals surface area contributed by atoms with Crippen LogP contribution in [0, 0.1) is 0 Å². The van der Waals surface area contributed by atoms with Crippen molar-refractivity contribution in [2.45, 2.75) is 19.5 Å². The molecule has 1 atom stereocenters. The third-order valence-electron chi connectivity index (χ3n) is 5.94. The van der Waals surface area contributed by atoms with Gasteiger partial charge in [0.2, 0.25) is 0 Å². The van der Waals surface area contributed by atoms with E-state index >= 15 is 0 Å². The van der Waals surface area contributed by atoms with Gasteiger partial charge in [-0.05, 0) is 42.3 Å². The van der Waals surface area contributed by atoms with Crippen molar-refractivity contribution in [2.24, 2.45) is 4.99 Å². The second-order valence-electron chi connectivity index (χ2n) is 8.00. The zero-order valence-corrected chi connectivity index (χ0v) is 19.5. The van der Waals surface area contributed by atoms with E-state index in [0.717, 1.165) is 67.6 Å². The predicted octanol–water partition coefficient (Wildman–Crippen LogP) is 3.37. The minimum atomic E-state index is 0.213. The molecule has 2 N–H and O–H groups in total. The molecule has 0 amide bonds. The topological polar surface area (TPSA) is 71.0 Å². The van der Waals surface area contributed by atoms with Gasteiger partial charge in [0.25, 0.3) is 0 Å². The molecule has 2 aromatic carbocycles. The molecule has 7 nitrogen and oxygen atoms in total. The van der Waals surface area contributed by atoms with Crippen molar-refractivity contribution in [2.75, 3.05) is 46.5 Å². The number of aromatic nitrogens is 1. The number of aliphatic imine (C=N–C) groups is 1. The minimum Gasteiger partial charge on any atom is -0.497 e. The van der Waals surface area contributed by atoms with Crippen molar-refractivity contribution in [3.8, 4) is 5.75 Å². The summed E-state index contributed by atoms with van der Waals surface area (Å²) in [6, 6.07) is 18.8. The van der Waals surface area contributed by atoms with Gasteiger partial charge in [-0.3, -0.25) is 9.88 Å². The first-order valence-corrected chi connectivity index (χ1v) is 11.6. The molecule has 1 saturated heterocycles. The highest BCUT2D eigenvalue weighted by Gasteiger charge is 2.23. The molecule has 0 radical (unpaired) electrons. The van der Waals surface area contributed by atoms with Gasteiger partial charge in [0, 0.05) is 37.8 Å². The van der Waals surface area contributed by atoms with Crippen LogP contribution in [0.3, 0.4) is 0 Å². The summed E-state index contributed by atoms with van der Waals surface area (Å²) in [4.78, 5) is 11.8. The number of fused-ring (bicyclic) bond motifs is 1. The molecular weight excluding hydrogens is 414 g/mol.